The van der Waals surface area contributed by atoms with Gasteiger partial charge in [0.05, 0.1) is 6.42 Å². The number of nitrogens with zero attached hydrogens (tertiary/aromatic N) is 1. The van der Waals surface area contributed by atoms with E-state index in [1.165, 1.54) is 11.1 Å². The number of carbonyl (C=O) groups is 1. The molecule has 1 aromatic carbocycles. The summed E-state index contributed by atoms with van der Waals surface area (Å²) in [7, 11) is 0. The summed E-state index contributed by atoms with van der Waals surface area (Å²) in [4.78, 5) is 14.5. The van der Waals surface area contributed by atoms with Gasteiger partial charge in [0.2, 0.25) is 5.91 Å². The van der Waals surface area contributed by atoms with E-state index < -0.39 is 0 Å². The molecule has 0 aliphatic carbocycles. The number of aryl methyl sites for hydroxylation is 1. The Kier molecular flexibility index (Phi) is 3.56. The average Bonchev–Trinajstić information content (AvgIpc) is 2.88. The molecule has 3 rings (SSSR count). The highest BCUT2D eigenvalue weighted by Crippen LogP contribution is 2.26. The summed E-state index contributed by atoms with van der Waals surface area (Å²) in [6.45, 7) is 6.19. The molecule has 1 aromatic rings. The van der Waals surface area contributed by atoms with Crippen molar-refractivity contribution in [3.8, 4) is 0 Å². The molecule has 0 aromatic heterocycles. The average molecular weight is 258 g/mol. The number of nitrogens with one attached hydrogen (secondary N) is 1. The summed E-state index contributed by atoms with van der Waals surface area (Å²) in [5.41, 5.74) is 2.38. The molecule has 2 atom stereocenters. The van der Waals surface area contributed by atoms with E-state index >= 15 is 0 Å². The van der Waals surface area contributed by atoms with Gasteiger partial charge < -0.3 is 10.2 Å². The van der Waals surface area contributed by atoms with Crippen LogP contribution >= 0.6 is 0 Å². The lowest BCUT2D eigenvalue weighted by molar-refractivity contribution is -0.132. The van der Waals surface area contributed by atoms with Gasteiger partial charge in [0.15, 0.2) is 0 Å². The van der Waals surface area contributed by atoms with Crippen LogP contribution in [0.1, 0.15) is 17.5 Å². The SMILES string of the molecule is Cc1ccccc1CC(=O)N1CCC2CNCC2C1. The van der Waals surface area contributed by atoms with Crippen molar-refractivity contribution >= 4 is 5.91 Å². The van der Waals surface area contributed by atoms with Crippen LogP contribution < -0.4 is 5.32 Å². The largest absolute Gasteiger partial charge is 0.342 e. The van der Waals surface area contributed by atoms with Gasteiger partial charge >= 0.3 is 0 Å². The van der Waals surface area contributed by atoms with E-state index in [4.69, 9.17) is 0 Å². The van der Waals surface area contributed by atoms with Crippen molar-refractivity contribution in [3.63, 3.8) is 0 Å². The number of piperidine rings is 1. The van der Waals surface area contributed by atoms with Crippen molar-refractivity contribution in [3.05, 3.63) is 35.4 Å². The molecule has 102 valence electrons. The Labute approximate surface area is 115 Å². The fourth-order valence-electron chi connectivity index (χ4n) is 3.34. The van der Waals surface area contributed by atoms with E-state index in [9.17, 15) is 4.79 Å². The van der Waals surface area contributed by atoms with Crippen molar-refractivity contribution in [2.24, 2.45) is 11.8 Å². The number of likely N-dealkylation sites (tertiary alicyclic amines) is 1. The number of benzene rings is 1. The highest BCUT2D eigenvalue weighted by Gasteiger charge is 2.34. The van der Waals surface area contributed by atoms with Crippen LogP contribution in [-0.4, -0.2) is 37.0 Å². The zero-order valence-electron chi connectivity index (χ0n) is 11.6. The Hall–Kier alpha value is -1.35. The van der Waals surface area contributed by atoms with Gasteiger partial charge in [-0.2, -0.15) is 0 Å². The molecule has 1 N–H and O–H groups in total. The second-order valence-electron chi connectivity index (χ2n) is 5.91. The summed E-state index contributed by atoms with van der Waals surface area (Å²) in [5, 5.41) is 3.44. The van der Waals surface area contributed by atoms with Gasteiger partial charge in [-0.15, -0.1) is 0 Å². The van der Waals surface area contributed by atoms with Gasteiger partial charge in [-0.05, 0) is 49.4 Å². The highest BCUT2D eigenvalue weighted by molar-refractivity contribution is 5.79. The Morgan fingerprint density at radius 1 is 1.32 bits per heavy atom. The number of fused-ring (bicyclic) bond motifs is 1. The van der Waals surface area contributed by atoms with E-state index in [0.29, 0.717) is 18.2 Å². The number of hydrogen-bond acceptors (Lipinski definition) is 2. The summed E-state index contributed by atoms with van der Waals surface area (Å²) >= 11 is 0. The molecule has 0 spiro atoms. The van der Waals surface area contributed by atoms with Crippen molar-refractivity contribution in [2.45, 2.75) is 19.8 Å². The standard InChI is InChI=1S/C16H22N2O/c1-12-4-2-3-5-13(12)8-16(19)18-7-6-14-9-17-10-15(14)11-18/h2-5,14-15,17H,6-11H2,1H3. The van der Waals surface area contributed by atoms with E-state index in [0.717, 1.165) is 38.5 Å². The molecule has 3 nitrogen and oxygen atoms in total. The number of hydrogen-bond donors (Lipinski definition) is 1. The molecule has 1 amide bonds. The van der Waals surface area contributed by atoms with Crippen LogP contribution in [-0.2, 0) is 11.2 Å². The van der Waals surface area contributed by atoms with E-state index in [2.05, 4.69) is 29.3 Å². The Balaban J connectivity index is 1.63. The number of carbonyl (C=O) groups excluding carboxylic acids is 1. The van der Waals surface area contributed by atoms with Gasteiger partial charge in [-0.25, -0.2) is 0 Å². The lowest BCUT2D eigenvalue weighted by Gasteiger charge is -2.34. The molecule has 2 aliphatic rings. The van der Waals surface area contributed by atoms with E-state index in [1.54, 1.807) is 0 Å². The minimum absolute atomic E-state index is 0.291. The molecule has 0 saturated carbocycles. The Bertz CT molecular complexity index is 472. The maximum Gasteiger partial charge on any atom is 0.227 e. The maximum atomic E-state index is 12.4. The first kappa shape index (κ1) is 12.7. The van der Waals surface area contributed by atoms with E-state index in [1.807, 2.05) is 12.1 Å². The summed E-state index contributed by atoms with van der Waals surface area (Å²) in [6.07, 6.45) is 1.72. The first-order valence-electron chi connectivity index (χ1n) is 7.27. The van der Waals surface area contributed by atoms with Crippen LogP contribution in [0.3, 0.4) is 0 Å². The quantitative estimate of drug-likeness (QED) is 0.874. The normalized spacial score (nSPS) is 26.3. The van der Waals surface area contributed by atoms with Gasteiger partial charge in [0.25, 0.3) is 0 Å². The van der Waals surface area contributed by atoms with Crippen molar-refractivity contribution < 1.29 is 4.79 Å². The van der Waals surface area contributed by atoms with Crippen LogP contribution in [0, 0.1) is 18.8 Å². The summed E-state index contributed by atoms with van der Waals surface area (Å²) < 4.78 is 0. The van der Waals surface area contributed by atoms with E-state index in [-0.39, 0.29) is 0 Å². The third-order valence-corrected chi connectivity index (χ3v) is 4.66. The second-order valence-corrected chi connectivity index (χ2v) is 5.91. The Morgan fingerprint density at radius 3 is 2.95 bits per heavy atom. The van der Waals surface area contributed by atoms with Crippen LogP contribution in [0.5, 0.6) is 0 Å². The first-order valence-corrected chi connectivity index (χ1v) is 7.27. The molecule has 2 aliphatic heterocycles. The third kappa shape index (κ3) is 2.66. The van der Waals surface area contributed by atoms with Crippen molar-refractivity contribution in [2.75, 3.05) is 26.2 Å². The molecule has 2 unspecified atom stereocenters. The van der Waals surface area contributed by atoms with Crippen molar-refractivity contribution in [1.82, 2.24) is 10.2 Å². The summed E-state index contributed by atoms with van der Waals surface area (Å²) in [5.74, 6) is 1.76. The lowest BCUT2D eigenvalue weighted by Crippen LogP contribution is -2.44. The highest BCUT2D eigenvalue weighted by atomic mass is 16.2. The topological polar surface area (TPSA) is 32.3 Å². The van der Waals surface area contributed by atoms with Crippen LogP contribution in [0.4, 0.5) is 0 Å². The molecular weight excluding hydrogens is 236 g/mol. The zero-order chi connectivity index (χ0) is 13.2. The predicted molar refractivity (Wildman–Crippen MR) is 75.9 cm³/mol. The molecule has 0 radical (unpaired) electrons. The fourth-order valence-corrected chi connectivity index (χ4v) is 3.34. The number of rotatable bonds is 2. The minimum atomic E-state index is 0.291. The summed E-state index contributed by atoms with van der Waals surface area (Å²) in [6, 6.07) is 8.19. The molecule has 3 heteroatoms. The predicted octanol–water partition coefficient (Wildman–Crippen LogP) is 1.61. The third-order valence-electron chi connectivity index (χ3n) is 4.66. The Morgan fingerprint density at radius 2 is 2.11 bits per heavy atom. The minimum Gasteiger partial charge on any atom is -0.342 e. The lowest BCUT2D eigenvalue weighted by atomic mass is 9.88. The van der Waals surface area contributed by atoms with Gasteiger partial charge in [-0.3, -0.25) is 4.79 Å². The zero-order valence-corrected chi connectivity index (χ0v) is 11.6. The monoisotopic (exact) mass is 258 g/mol. The fraction of sp³-hybridized carbons (Fsp3) is 0.562. The molecule has 2 heterocycles. The second kappa shape index (κ2) is 5.33. The van der Waals surface area contributed by atoms with Crippen LogP contribution in [0.15, 0.2) is 24.3 Å². The molecule has 2 fully saturated rings. The molecular formula is C16H22N2O. The van der Waals surface area contributed by atoms with Crippen LogP contribution in [0.2, 0.25) is 0 Å². The number of amides is 1. The maximum absolute atomic E-state index is 12.4. The molecule has 2 saturated heterocycles. The van der Waals surface area contributed by atoms with Gasteiger partial charge in [0, 0.05) is 13.1 Å². The molecule has 0 bridgehead atoms. The van der Waals surface area contributed by atoms with Gasteiger partial charge in [-0.1, -0.05) is 24.3 Å². The first-order chi connectivity index (χ1) is 9.24. The van der Waals surface area contributed by atoms with Crippen LogP contribution in [0.25, 0.3) is 0 Å². The van der Waals surface area contributed by atoms with Gasteiger partial charge in [0.1, 0.15) is 0 Å². The van der Waals surface area contributed by atoms with Crippen molar-refractivity contribution in [1.29, 1.82) is 0 Å². The smallest absolute Gasteiger partial charge is 0.227 e. The molecule has 19 heavy (non-hydrogen) atoms.